The Bertz CT molecular complexity index is 1030. The minimum Gasteiger partial charge on any atom is -0.478 e. The molecule has 0 aliphatic carbocycles. The molecule has 3 aromatic rings. The number of hydrogen-bond acceptors (Lipinski definition) is 6. The number of nitrogens with one attached hydrogen (secondary N) is 1. The number of sulfone groups is 1. The first kappa shape index (κ1) is 17.4. The number of anilines is 3. The number of carboxylic acid groups (broad SMARTS) is 1. The average Bonchev–Trinajstić information content (AvgIpc) is 2.63. The molecule has 3 rings (SSSR count). The van der Waals surface area contributed by atoms with Crippen molar-refractivity contribution in [1.29, 1.82) is 0 Å². The van der Waals surface area contributed by atoms with Crippen LogP contribution in [-0.2, 0) is 9.84 Å². The van der Waals surface area contributed by atoms with Crippen LogP contribution in [0.1, 0.15) is 10.4 Å². The molecule has 8 heteroatoms. The summed E-state index contributed by atoms with van der Waals surface area (Å²) in [5.41, 5.74) is 6.78. The predicted molar refractivity (Wildman–Crippen MR) is 97.2 cm³/mol. The van der Waals surface area contributed by atoms with E-state index in [9.17, 15) is 13.2 Å². The summed E-state index contributed by atoms with van der Waals surface area (Å²) >= 11 is 0. The number of carbonyl (C=O) groups is 1. The van der Waals surface area contributed by atoms with Crippen LogP contribution in [0.25, 0.3) is 0 Å². The highest BCUT2D eigenvalue weighted by atomic mass is 32.2. The van der Waals surface area contributed by atoms with Crippen molar-refractivity contribution in [3.8, 4) is 0 Å². The molecule has 26 heavy (non-hydrogen) atoms. The van der Waals surface area contributed by atoms with Crippen LogP contribution in [0.5, 0.6) is 0 Å². The standard InChI is InChI=1S/C18H15N3O4S/c19-13-2-6-15(7-3-13)26(24,25)16-8-4-14(5-9-16)21-17-10-1-12(11-20-17)18(22)23/h1-11H,19H2,(H,20,21)(H,22,23). The van der Waals surface area contributed by atoms with Gasteiger partial charge in [-0.1, -0.05) is 0 Å². The van der Waals surface area contributed by atoms with E-state index in [4.69, 9.17) is 10.8 Å². The summed E-state index contributed by atoms with van der Waals surface area (Å²) in [5, 5.41) is 11.8. The Morgan fingerprint density at radius 3 is 2.00 bits per heavy atom. The second kappa shape index (κ2) is 6.85. The normalized spacial score (nSPS) is 11.1. The third-order valence-electron chi connectivity index (χ3n) is 3.64. The maximum Gasteiger partial charge on any atom is 0.337 e. The zero-order chi connectivity index (χ0) is 18.7. The molecule has 0 amide bonds. The highest BCUT2D eigenvalue weighted by Gasteiger charge is 2.17. The number of aromatic carboxylic acids is 1. The second-order valence-electron chi connectivity index (χ2n) is 5.46. The van der Waals surface area contributed by atoms with Gasteiger partial charge in [0.15, 0.2) is 0 Å². The third kappa shape index (κ3) is 3.65. The highest BCUT2D eigenvalue weighted by Crippen LogP contribution is 2.24. The largest absolute Gasteiger partial charge is 0.478 e. The third-order valence-corrected chi connectivity index (χ3v) is 5.42. The molecule has 0 unspecified atom stereocenters. The molecule has 132 valence electrons. The lowest BCUT2D eigenvalue weighted by Gasteiger charge is -2.08. The summed E-state index contributed by atoms with van der Waals surface area (Å²) in [7, 11) is -3.62. The van der Waals surface area contributed by atoms with Crippen LogP contribution in [0.3, 0.4) is 0 Å². The maximum absolute atomic E-state index is 12.6. The van der Waals surface area contributed by atoms with Crippen LogP contribution >= 0.6 is 0 Å². The van der Waals surface area contributed by atoms with Gasteiger partial charge in [-0.25, -0.2) is 18.2 Å². The Morgan fingerprint density at radius 2 is 1.50 bits per heavy atom. The van der Waals surface area contributed by atoms with E-state index in [2.05, 4.69) is 10.3 Å². The zero-order valence-electron chi connectivity index (χ0n) is 13.5. The van der Waals surface area contributed by atoms with Gasteiger partial charge >= 0.3 is 5.97 Å². The van der Waals surface area contributed by atoms with E-state index in [1.54, 1.807) is 12.1 Å². The molecule has 0 saturated heterocycles. The van der Waals surface area contributed by atoms with Crippen LogP contribution in [0.2, 0.25) is 0 Å². The van der Waals surface area contributed by atoms with Crippen molar-refractivity contribution >= 4 is 33.0 Å². The minimum absolute atomic E-state index is 0.0838. The number of nitrogens with two attached hydrogens (primary N) is 1. The average molecular weight is 369 g/mol. The molecule has 0 atom stereocenters. The molecule has 1 heterocycles. The first-order valence-electron chi connectivity index (χ1n) is 7.53. The molecule has 0 saturated carbocycles. The van der Waals surface area contributed by atoms with Gasteiger partial charge < -0.3 is 16.2 Å². The van der Waals surface area contributed by atoms with Gasteiger partial charge in [-0.2, -0.15) is 0 Å². The fraction of sp³-hybridized carbons (Fsp3) is 0. The molecule has 1 aromatic heterocycles. The number of carboxylic acids is 1. The molecule has 0 aliphatic heterocycles. The monoisotopic (exact) mass is 369 g/mol. The van der Waals surface area contributed by atoms with E-state index in [0.29, 0.717) is 17.2 Å². The number of hydrogen-bond donors (Lipinski definition) is 3. The molecule has 2 aromatic carbocycles. The Kier molecular flexibility index (Phi) is 4.59. The Balaban J connectivity index is 1.79. The lowest BCUT2D eigenvalue weighted by Crippen LogP contribution is -2.03. The van der Waals surface area contributed by atoms with Crippen molar-refractivity contribution in [1.82, 2.24) is 4.98 Å². The van der Waals surface area contributed by atoms with Gasteiger partial charge in [-0.15, -0.1) is 0 Å². The number of benzene rings is 2. The SMILES string of the molecule is Nc1ccc(S(=O)(=O)c2ccc(Nc3ccc(C(=O)O)cn3)cc2)cc1. The van der Waals surface area contributed by atoms with Crippen LogP contribution < -0.4 is 11.1 Å². The van der Waals surface area contributed by atoms with Crippen molar-refractivity contribution in [2.45, 2.75) is 9.79 Å². The van der Waals surface area contributed by atoms with E-state index in [1.165, 1.54) is 54.7 Å². The van der Waals surface area contributed by atoms with Crippen molar-refractivity contribution < 1.29 is 18.3 Å². The van der Waals surface area contributed by atoms with Gasteiger partial charge in [0, 0.05) is 17.6 Å². The predicted octanol–water partition coefficient (Wildman–Crippen LogP) is 2.94. The van der Waals surface area contributed by atoms with Crippen molar-refractivity contribution in [3.63, 3.8) is 0 Å². The van der Waals surface area contributed by atoms with Crippen LogP contribution in [0.4, 0.5) is 17.2 Å². The number of pyridine rings is 1. The smallest absolute Gasteiger partial charge is 0.337 e. The van der Waals surface area contributed by atoms with E-state index in [-0.39, 0.29) is 15.4 Å². The fourth-order valence-electron chi connectivity index (χ4n) is 2.24. The number of nitrogens with zero attached hydrogens (tertiary/aromatic N) is 1. The van der Waals surface area contributed by atoms with Gasteiger partial charge in [0.05, 0.1) is 15.4 Å². The fourth-order valence-corrected chi connectivity index (χ4v) is 3.50. The molecule has 0 fully saturated rings. The van der Waals surface area contributed by atoms with Gasteiger partial charge in [-0.05, 0) is 60.7 Å². The molecule has 0 bridgehead atoms. The van der Waals surface area contributed by atoms with Gasteiger partial charge in [-0.3, -0.25) is 0 Å². The lowest BCUT2D eigenvalue weighted by atomic mass is 10.3. The first-order chi connectivity index (χ1) is 12.4. The summed E-state index contributed by atoms with van der Waals surface area (Å²) in [6.07, 6.45) is 1.24. The molecule has 0 spiro atoms. The van der Waals surface area contributed by atoms with Crippen molar-refractivity contribution in [2.75, 3.05) is 11.1 Å². The van der Waals surface area contributed by atoms with Crippen LogP contribution in [0.15, 0.2) is 76.7 Å². The van der Waals surface area contributed by atoms with Crippen molar-refractivity contribution in [2.24, 2.45) is 0 Å². The molecule has 7 nitrogen and oxygen atoms in total. The molecule has 0 radical (unpaired) electrons. The minimum atomic E-state index is -3.62. The molecule has 0 aliphatic rings. The van der Waals surface area contributed by atoms with Crippen molar-refractivity contribution in [3.05, 3.63) is 72.4 Å². The highest BCUT2D eigenvalue weighted by molar-refractivity contribution is 7.91. The van der Waals surface area contributed by atoms with E-state index in [0.717, 1.165) is 0 Å². The lowest BCUT2D eigenvalue weighted by molar-refractivity contribution is 0.0696. The number of aromatic nitrogens is 1. The first-order valence-corrected chi connectivity index (χ1v) is 9.02. The summed E-state index contributed by atoms with van der Waals surface area (Å²) < 4.78 is 25.2. The quantitative estimate of drug-likeness (QED) is 0.591. The number of rotatable bonds is 5. The Labute approximate surface area is 150 Å². The molecule has 4 N–H and O–H groups in total. The molecular formula is C18H15N3O4S. The summed E-state index contributed by atoms with van der Waals surface area (Å²) in [4.78, 5) is 15.1. The summed E-state index contributed by atoms with van der Waals surface area (Å²) in [6, 6.07) is 15.1. The Hall–Kier alpha value is -3.39. The van der Waals surface area contributed by atoms with Gasteiger partial charge in [0.2, 0.25) is 9.84 Å². The zero-order valence-corrected chi connectivity index (χ0v) is 14.3. The van der Waals surface area contributed by atoms with Crippen LogP contribution in [0, 0.1) is 0 Å². The van der Waals surface area contributed by atoms with E-state index >= 15 is 0 Å². The molecular weight excluding hydrogens is 354 g/mol. The second-order valence-corrected chi connectivity index (χ2v) is 7.41. The van der Waals surface area contributed by atoms with Crippen LogP contribution in [-0.4, -0.2) is 24.5 Å². The summed E-state index contributed by atoms with van der Waals surface area (Å²) in [5.74, 6) is -0.606. The van der Waals surface area contributed by atoms with E-state index in [1.807, 2.05) is 0 Å². The summed E-state index contributed by atoms with van der Waals surface area (Å²) in [6.45, 7) is 0. The Morgan fingerprint density at radius 1 is 0.923 bits per heavy atom. The topological polar surface area (TPSA) is 122 Å². The van der Waals surface area contributed by atoms with Gasteiger partial charge in [0.25, 0.3) is 0 Å². The van der Waals surface area contributed by atoms with Gasteiger partial charge in [0.1, 0.15) is 5.82 Å². The van der Waals surface area contributed by atoms with E-state index < -0.39 is 15.8 Å². The maximum atomic E-state index is 12.6. The number of nitrogen functional groups attached to an aromatic ring is 1.